The van der Waals surface area contributed by atoms with E-state index in [1.54, 1.807) is 26.2 Å². The number of carbonyl (C=O) groups is 2. The minimum Gasteiger partial charge on any atom is -0.493 e. The molecule has 0 spiro atoms. The molecule has 0 saturated carbocycles. The monoisotopic (exact) mass is 361 g/mol. The van der Waals surface area contributed by atoms with Crippen LogP contribution in [0.3, 0.4) is 0 Å². The van der Waals surface area contributed by atoms with Gasteiger partial charge >= 0.3 is 5.97 Å². The lowest BCUT2D eigenvalue weighted by Crippen LogP contribution is -2.24. The summed E-state index contributed by atoms with van der Waals surface area (Å²) in [6, 6.07) is 5.44. The van der Waals surface area contributed by atoms with Crippen LogP contribution in [0.1, 0.15) is 40.6 Å². The van der Waals surface area contributed by atoms with Gasteiger partial charge in [0.2, 0.25) is 0 Å². The first-order chi connectivity index (χ1) is 12.5. The second-order valence-electron chi connectivity index (χ2n) is 5.80. The fraction of sp³-hybridized carbons (Fsp3) is 0.368. The minimum absolute atomic E-state index is 0.147. The molecule has 1 amide bonds. The van der Waals surface area contributed by atoms with Crippen molar-refractivity contribution in [3.8, 4) is 11.5 Å². The van der Waals surface area contributed by atoms with Crippen molar-refractivity contribution in [2.45, 2.75) is 33.2 Å². The number of aryl methyl sites for hydroxylation is 1. The molecule has 1 heterocycles. The Morgan fingerprint density at radius 1 is 1.27 bits per heavy atom. The Bertz CT molecular complexity index is 780. The zero-order valence-corrected chi connectivity index (χ0v) is 15.1. The second-order valence-corrected chi connectivity index (χ2v) is 5.80. The van der Waals surface area contributed by atoms with Crippen molar-refractivity contribution in [3.63, 3.8) is 0 Å². The van der Waals surface area contributed by atoms with E-state index in [9.17, 15) is 9.59 Å². The van der Waals surface area contributed by atoms with Gasteiger partial charge < -0.3 is 24.3 Å². The molecule has 0 aliphatic carbocycles. The Balaban J connectivity index is 2.08. The van der Waals surface area contributed by atoms with Crippen molar-refractivity contribution in [1.29, 1.82) is 0 Å². The molecule has 0 radical (unpaired) electrons. The summed E-state index contributed by atoms with van der Waals surface area (Å²) in [5, 5.41) is 11.7. The molecule has 0 bridgehead atoms. The number of carbonyl (C=O) groups excluding carboxylic acids is 1. The summed E-state index contributed by atoms with van der Waals surface area (Å²) in [7, 11) is 1.56. The Morgan fingerprint density at radius 3 is 2.69 bits per heavy atom. The van der Waals surface area contributed by atoms with Crippen LogP contribution in [-0.2, 0) is 17.8 Å². The van der Waals surface area contributed by atoms with Gasteiger partial charge in [-0.1, -0.05) is 13.0 Å². The molecule has 0 atom stereocenters. The average molecular weight is 361 g/mol. The molecule has 0 aliphatic heterocycles. The lowest BCUT2D eigenvalue weighted by atomic mass is 10.1. The average Bonchev–Trinajstić information content (AvgIpc) is 2.97. The summed E-state index contributed by atoms with van der Waals surface area (Å²) < 4.78 is 16.1. The molecule has 7 heteroatoms. The summed E-state index contributed by atoms with van der Waals surface area (Å²) in [6.07, 6.45) is 1.94. The molecular weight excluding hydrogens is 338 g/mol. The van der Waals surface area contributed by atoms with Crippen molar-refractivity contribution in [2.75, 3.05) is 13.7 Å². The highest BCUT2D eigenvalue weighted by Crippen LogP contribution is 2.28. The van der Waals surface area contributed by atoms with Gasteiger partial charge in [-0.3, -0.25) is 9.59 Å². The highest BCUT2D eigenvalue weighted by Gasteiger charge is 2.20. The third kappa shape index (κ3) is 4.78. The van der Waals surface area contributed by atoms with Crippen molar-refractivity contribution in [1.82, 2.24) is 5.32 Å². The number of rotatable bonds is 9. The van der Waals surface area contributed by atoms with Crippen LogP contribution in [0.25, 0.3) is 0 Å². The van der Waals surface area contributed by atoms with E-state index in [-0.39, 0.29) is 30.2 Å². The normalized spacial score (nSPS) is 10.4. The molecule has 2 N–H and O–H groups in total. The van der Waals surface area contributed by atoms with Gasteiger partial charge in [0.15, 0.2) is 11.5 Å². The van der Waals surface area contributed by atoms with Gasteiger partial charge in [0, 0.05) is 12.1 Å². The number of furan rings is 1. The Morgan fingerprint density at radius 2 is 2.04 bits per heavy atom. The molecule has 1 aromatic heterocycles. The highest BCUT2D eigenvalue weighted by molar-refractivity contribution is 5.97. The van der Waals surface area contributed by atoms with E-state index in [0.29, 0.717) is 23.7 Å². The smallest absolute Gasteiger partial charge is 0.311 e. The van der Waals surface area contributed by atoms with Crippen LogP contribution in [0.15, 0.2) is 28.9 Å². The molecule has 0 fully saturated rings. The van der Waals surface area contributed by atoms with Gasteiger partial charge in [-0.2, -0.15) is 0 Å². The summed E-state index contributed by atoms with van der Waals surface area (Å²) in [4.78, 5) is 23.3. The predicted molar refractivity (Wildman–Crippen MR) is 94.7 cm³/mol. The first-order valence-corrected chi connectivity index (χ1v) is 8.32. The molecule has 1 aromatic carbocycles. The minimum atomic E-state index is -1.05. The van der Waals surface area contributed by atoms with Crippen molar-refractivity contribution in [3.05, 3.63) is 46.9 Å². The fourth-order valence-electron chi connectivity index (χ4n) is 2.49. The van der Waals surface area contributed by atoms with Gasteiger partial charge in [0.1, 0.15) is 12.2 Å². The first kappa shape index (κ1) is 19.4. The quantitative estimate of drug-likeness (QED) is 0.713. The molecule has 2 rings (SSSR count). The van der Waals surface area contributed by atoms with Gasteiger partial charge in [0.05, 0.1) is 25.5 Å². The number of methoxy groups -OCH3 is 1. The van der Waals surface area contributed by atoms with Crippen LogP contribution in [0.2, 0.25) is 0 Å². The van der Waals surface area contributed by atoms with Crippen LogP contribution < -0.4 is 14.8 Å². The molecule has 140 valence electrons. The molecule has 26 heavy (non-hydrogen) atoms. The Hall–Kier alpha value is -2.96. The molecule has 0 aliphatic rings. The molecule has 7 nitrogen and oxygen atoms in total. The maximum atomic E-state index is 12.4. The lowest BCUT2D eigenvalue weighted by Gasteiger charge is -2.12. The number of hydrogen-bond acceptors (Lipinski definition) is 5. The van der Waals surface area contributed by atoms with Crippen LogP contribution in [0, 0.1) is 6.92 Å². The predicted octanol–water partition coefficient (Wildman–Crippen LogP) is 2.94. The third-order valence-electron chi connectivity index (χ3n) is 3.73. The van der Waals surface area contributed by atoms with Crippen LogP contribution >= 0.6 is 0 Å². The van der Waals surface area contributed by atoms with Crippen molar-refractivity contribution >= 4 is 11.9 Å². The number of hydrogen-bond donors (Lipinski definition) is 2. The van der Waals surface area contributed by atoms with E-state index in [1.807, 2.05) is 13.0 Å². The summed E-state index contributed by atoms with van der Waals surface area (Å²) in [5.74, 6) is -0.0397. The van der Waals surface area contributed by atoms with E-state index >= 15 is 0 Å². The van der Waals surface area contributed by atoms with E-state index in [2.05, 4.69) is 5.32 Å². The molecule has 2 aromatic rings. The molecular formula is C19H23NO6. The van der Waals surface area contributed by atoms with Crippen LogP contribution in [-0.4, -0.2) is 30.7 Å². The van der Waals surface area contributed by atoms with E-state index in [0.717, 1.165) is 12.0 Å². The number of nitrogens with one attached hydrogen (secondary N) is 1. The number of carboxylic acid groups (broad SMARTS) is 1. The summed E-state index contributed by atoms with van der Waals surface area (Å²) >= 11 is 0. The number of aliphatic carboxylic acids is 1. The van der Waals surface area contributed by atoms with E-state index in [4.69, 9.17) is 19.0 Å². The summed E-state index contributed by atoms with van der Waals surface area (Å²) in [6.45, 7) is 4.58. The number of amides is 1. The van der Waals surface area contributed by atoms with Gasteiger partial charge in [0.25, 0.3) is 5.91 Å². The van der Waals surface area contributed by atoms with Gasteiger partial charge in [-0.05, 0) is 31.0 Å². The fourth-order valence-corrected chi connectivity index (χ4v) is 2.49. The topological polar surface area (TPSA) is 98.0 Å². The number of ether oxygens (including phenoxy) is 2. The summed E-state index contributed by atoms with van der Waals surface area (Å²) in [5.41, 5.74) is 1.70. The van der Waals surface area contributed by atoms with E-state index in [1.165, 1.54) is 6.26 Å². The molecule has 0 saturated heterocycles. The van der Waals surface area contributed by atoms with Crippen LogP contribution in [0.5, 0.6) is 11.5 Å². The number of benzene rings is 1. The van der Waals surface area contributed by atoms with Gasteiger partial charge in [-0.15, -0.1) is 0 Å². The zero-order chi connectivity index (χ0) is 19.1. The maximum Gasteiger partial charge on any atom is 0.311 e. The Kier molecular flexibility index (Phi) is 6.66. The SMILES string of the molecule is CCCOc1ccc(CNC(=O)c2c(C)coc2CC(=O)O)cc1OC. The third-order valence-corrected chi connectivity index (χ3v) is 3.73. The Labute approximate surface area is 151 Å². The largest absolute Gasteiger partial charge is 0.493 e. The van der Waals surface area contributed by atoms with Crippen molar-refractivity contribution in [2.24, 2.45) is 0 Å². The van der Waals surface area contributed by atoms with Gasteiger partial charge in [-0.25, -0.2) is 0 Å². The zero-order valence-electron chi connectivity index (χ0n) is 15.1. The van der Waals surface area contributed by atoms with Crippen molar-refractivity contribution < 1.29 is 28.6 Å². The highest BCUT2D eigenvalue weighted by atomic mass is 16.5. The number of carboxylic acids is 1. The van der Waals surface area contributed by atoms with E-state index < -0.39 is 5.97 Å². The maximum absolute atomic E-state index is 12.4. The van der Waals surface area contributed by atoms with Crippen LogP contribution in [0.4, 0.5) is 0 Å². The standard InChI is InChI=1S/C19H23NO6/c1-4-7-25-14-6-5-13(8-15(14)24-3)10-20-19(23)18-12(2)11-26-16(18)9-17(21)22/h5-6,8,11H,4,7,9-10H2,1-3H3,(H,20,23)(H,21,22). The molecule has 0 unspecified atom stereocenters. The first-order valence-electron chi connectivity index (χ1n) is 8.32. The second kappa shape index (κ2) is 8.94. The lowest BCUT2D eigenvalue weighted by molar-refractivity contribution is -0.136.